The molecule has 1 aromatic carbocycles. The van der Waals surface area contributed by atoms with Crippen molar-refractivity contribution in [2.45, 2.75) is 24.2 Å². The van der Waals surface area contributed by atoms with E-state index in [-0.39, 0.29) is 23.9 Å². The summed E-state index contributed by atoms with van der Waals surface area (Å²) in [4.78, 5) is 16.8. The van der Waals surface area contributed by atoms with Crippen LogP contribution in [0.1, 0.15) is 26.5 Å². The van der Waals surface area contributed by atoms with Crippen molar-refractivity contribution in [1.29, 1.82) is 0 Å². The van der Waals surface area contributed by atoms with Crippen LogP contribution in [0.4, 0.5) is 0 Å². The first-order valence-electron chi connectivity index (χ1n) is 9.57. The zero-order valence-electron chi connectivity index (χ0n) is 16.5. The van der Waals surface area contributed by atoms with E-state index in [1.807, 2.05) is 6.07 Å². The van der Waals surface area contributed by atoms with Gasteiger partial charge in [0.15, 0.2) is 11.5 Å². The third-order valence-corrected chi connectivity index (χ3v) is 8.60. The highest BCUT2D eigenvalue weighted by Gasteiger charge is 2.32. The van der Waals surface area contributed by atoms with Gasteiger partial charge in [-0.25, -0.2) is 8.42 Å². The number of hydrogen-bond donors (Lipinski definition) is 0. The maximum absolute atomic E-state index is 13.0. The van der Waals surface area contributed by atoms with Crippen molar-refractivity contribution in [3.8, 4) is 11.5 Å². The van der Waals surface area contributed by atoms with Crippen LogP contribution in [0.25, 0.3) is 0 Å². The van der Waals surface area contributed by atoms with Gasteiger partial charge in [0.05, 0.1) is 24.0 Å². The third kappa shape index (κ3) is 3.74. The maximum Gasteiger partial charge on any atom is 0.264 e. The van der Waals surface area contributed by atoms with E-state index in [0.29, 0.717) is 24.6 Å². The lowest BCUT2D eigenvalue weighted by Gasteiger charge is -2.33. The van der Waals surface area contributed by atoms with E-state index in [2.05, 4.69) is 0 Å². The second kappa shape index (κ2) is 7.97. The van der Waals surface area contributed by atoms with Gasteiger partial charge in [-0.3, -0.25) is 4.79 Å². The van der Waals surface area contributed by atoms with Crippen molar-refractivity contribution in [2.24, 2.45) is 0 Å². The Labute approximate surface area is 174 Å². The molecule has 1 aliphatic carbocycles. The average Bonchev–Trinajstić information content (AvgIpc) is 3.35. The predicted octanol–water partition coefficient (Wildman–Crippen LogP) is 2.40. The maximum atomic E-state index is 13.0. The number of carbonyl (C=O) groups excluding carboxylic acids is 1. The van der Waals surface area contributed by atoms with E-state index in [4.69, 9.17) is 9.47 Å². The molecule has 156 valence electrons. The lowest BCUT2D eigenvalue weighted by molar-refractivity contribution is 0.0702. The fourth-order valence-electron chi connectivity index (χ4n) is 3.85. The summed E-state index contributed by atoms with van der Waals surface area (Å²) >= 11 is 1.59. The van der Waals surface area contributed by atoms with Gasteiger partial charge in [-0.2, -0.15) is 4.31 Å². The molecule has 0 unspecified atom stereocenters. The van der Waals surface area contributed by atoms with E-state index >= 15 is 0 Å². The number of sulfonamides is 1. The molecule has 1 amide bonds. The molecule has 1 saturated heterocycles. The topological polar surface area (TPSA) is 76.2 Å². The van der Waals surface area contributed by atoms with Crippen molar-refractivity contribution in [2.75, 3.05) is 40.4 Å². The Morgan fingerprint density at radius 1 is 1.00 bits per heavy atom. The number of amides is 1. The smallest absolute Gasteiger partial charge is 0.264 e. The lowest BCUT2D eigenvalue weighted by Crippen LogP contribution is -2.50. The highest BCUT2D eigenvalue weighted by atomic mass is 32.2. The molecule has 0 atom stereocenters. The molecule has 0 saturated carbocycles. The number of nitrogens with zero attached hydrogens (tertiary/aromatic N) is 2. The SMILES string of the molecule is COc1ccc(S(=O)(=O)N2CCN(C(=O)c3cc4c(s3)CCC4)CC2)cc1OC. The van der Waals surface area contributed by atoms with Crippen LogP contribution >= 0.6 is 11.3 Å². The molecule has 1 fully saturated rings. The number of rotatable bonds is 5. The number of hydrogen-bond acceptors (Lipinski definition) is 6. The van der Waals surface area contributed by atoms with Gasteiger partial charge >= 0.3 is 0 Å². The van der Waals surface area contributed by atoms with Crippen LogP contribution in [0.2, 0.25) is 0 Å². The highest BCUT2D eigenvalue weighted by molar-refractivity contribution is 7.89. The molecule has 1 aliphatic heterocycles. The molecule has 4 rings (SSSR count). The molecule has 2 aromatic rings. The Balaban J connectivity index is 1.45. The molecule has 0 bridgehead atoms. The molecule has 2 heterocycles. The minimum absolute atomic E-state index is 0.00700. The van der Waals surface area contributed by atoms with Gasteiger partial charge in [-0.1, -0.05) is 0 Å². The molecular formula is C20H24N2O5S2. The second-order valence-corrected chi connectivity index (χ2v) is 10.2. The number of methoxy groups -OCH3 is 2. The number of ether oxygens (including phenoxy) is 2. The molecule has 0 N–H and O–H groups in total. The predicted molar refractivity (Wildman–Crippen MR) is 111 cm³/mol. The van der Waals surface area contributed by atoms with E-state index in [9.17, 15) is 13.2 Å². The zero-order valence-corrected chi connectivity index (χ0v) is 18.1. The summed E-state index contributed by atoms with van der Waals surface area (Å²) in [5.41, 5.74) is 1.30. The van der Waals surface area contributed by atoms with Crippen molar-refractivity contribution < 1.29 is 22.7 Å². The van der Waals surface area contributed by atoms with Gasteiger partial charge < -0.3 is 14.4 Å². The molecule has 7 nitrogen and oxygen atoms in total. The summed E-state index contributed by atoms with van der Waals surface area (Å²) in [5.74, 6) is 0.852. The minimum Gasteiger partial charge on any atom is -0.493 e. The van der Waals surface area contributed by atoms with E-state index in [1.54, 1.807) is 22.3 Å². The van der Waals surface area contributed by atoms with Gasteiger partial charge in [0.25, 0.3) is 5.91 Å². The number of benzene rings is 1. The number of aryl methyl sites for hydroxylation is 2. The van der Waals surface area contributed by atoms with Crippen molar-refractivity contribution in [3.63, 3.8) is 0 Å². The summed E-state index contributed by atoms with van der Waals surface area (Å²) in [6.45, 7) is 1.31. The Kier molecular flexibility index (Phi) is 5.54. The first kappa shape index (κ1) is 20.2. The largest absolute Gasteiger partial charge is 0.493 e. The fraction of sp³-hybridized carbons (Fsp3) is 0.450. The number of fused-ring (bicyclic) bond motifs is 1. The standard InChI is InChI=1S/C20H24N2O5S2/c1-26-16-7-6-15(13-17(16)27-2)29(24,25)22-10-8-21(9-11-22)20(23)19-12-14-4-3-5-18(14)28-19/h6-7,12-13H,3-5,8-11H2,1-2H3. The number of piperazine rings is 1. The molecule has 2 aliphatic rings. The molecule has 29 heavy (non-hydrogen) atoms. The van der Waals surface area contributed by atoms with Crippen LogP contribution < -0.4 is 9.47 Å². The van der Waals surface area contributed by atoms with Gasteiger partial charge in [0.2, 0.25) is 10.0 Å². The fourth-order valence-corrected chi connectivity index (χ4v) is 6.51. The van der Waals surface area contributed by atoms with Crippen LogP contribution in [0.15, 0.2) is 29.2 Å². The van der Waals surface area contributed by atoms with Gasteiger partial charge in [0.1, 0.15) is 0 Å². The first-order valence-corrected chi connectivity index (χ1v) is 11.8. The monoisotopic (exact) mass is 436 g/mol. The number of thiophene rings is 1. The Hall–Kier alpha value is -2.10. The Bertz CT molecular complexity index is 1000. The molecule has 1 aromatic heterocycles. The van der Waals surface area contributed by atoms with Gasteiger partial charge in [-0.05, 0) is 43.0 Å². The Morgan fingerprint density at radius 3 is 2.38 bits per heavy atom. The molecule has 9 heteroatoms. The summed E-state index contributed by atoms with van der Waals surface area (Å²) in [7, 11) is -0.693. The van der Waals surface area contributed by atoms with Crippen LogP contribution in [-0.2, 0) is 22.9 Å². The average molecular weight is 437 g/mol. The lowest BCUT2D eigenvalue weighted by atomic mass is 10.2. The molecular weight excluding hydrogens is 412 g/mol. The van der Waals surface area contributed by atoms with Crippen molar-refractivity contribution in [3.05, 3.63) is 39.6 Å². The van der Waals surface area contributed by atoms with Crippen LogP contribution in [-0.4, -0.2) is 63.9 Å². The highest BCUT2D eigenvalue weighted by Crippen LogP contribution is 2.33. The van der Waals surface area contributed by atoms with E-state index in [0.717, 1.165) is 17.7 Å². The van der Waals surface area contributed by atoms with Gasteiger partial charge in [-0.15, -0.1) is 11.3 Å². The van der Waals surface area contributed by atoms with Crippen LogP contribution in [0, 0.1) is 0 Å². The number of carbonyl (C=O) groups is 1. The van der Waals surface area contributed by atoms with Crippen LogP contribution in [0.3, 0.4) is 0 Å². The van der Waals surface area contributed by atoms with Gasteiger partial charge in [0, 0.05) is 37.1 Å². The summed E-state index contributed by atoms with van der Waals surface area (Å²) in [6.07, 6.45) is 3.28. The normalized spacial score (nSPS) is 17.2. The summed E-state index contributed by atoms with van der Waals surface area (Å²) in [6, 6.07) is 6.59. The van der Waals surface area contributed by atoms with Crippen LogP contribution in [0.5, 0.6) is 11.5 Å². The third-order valence-electron chi connectivity index (χ3n) is 5.48. The van der Waals surface area contributed by atoms with E-state index < -0.39 is 10.0 Å². The molecule has 0 spiro atoms. The quantitative estimate of drug-likeness (QED) is 0.719. The Morgan fingerprint density at radius 2 is 1.72 bits per heavy atom. The van der Waals surface area contributed by atoms with Crippen molar-refractivity contribution in [1.82, 2.24) is 9.21 Å². The zero-order chi connectivity index (χ0) is 20.6. The molecule has 0 radical (unpaired) electrons. The second-order valence-electron chi connectivity index (χ2n) is 7.13. The summed E-state index contributed by atoms with van der Waals surface area (Å²) in [5, 5.41) is 0. The summed E-state index contributed by atoms with van der Waals surface area (Å²) < 4.78 is 37.9. The van der Waals surface area contributed by atoms with Crippen molar-refractivity contribution >= 4 is 27.3 Å². The minimum atomic E-state index is -3.67. The first-order chi connectivity index (χ1) is 13.9. The van der Waals surface area contributed by atoms with E-state index in [1.165, 1.54) is 47.5 Å².